The van der Waals surface area contributed by atoms with Crippen molar-refractivity contribution in [3.05, 3.63) is 28.4 Å². The van der Waals surface area contributed by atoms with Crippen molar-refractivity contribution in [2.75, 3.05) is 11.4 Å². The molecule has 0 radical (unpaired) electrons. The summed E-state index contributed by atoms with van der Waals surface area (Å²) in [4.78, 5) is 42.2. The van der Waals surface area contributed by atoms with Crippen molar-refractivity contribution in [3.63, 3.8) is 0 Å². The summed E-state index contributed by atoms with van der Waals surface area (Å²) in [6.45, 7) is 5.68. The number of amides is 2. The highest BCUT2D eigenvalue weighted by molar-refractivity contribution is 6.00. The Labute approximate surface area is 144 Å². The van der Waals surface area contributed by atoms with Crippen LogP contribution >= 0.6 is 0 Å². The second kappa shape index (κ2) is 5.98. The zero-order valence-corrected chi connectivity index (χ0v) is 14.3. The standard InChI is InChI=1S/C16H20N4O5/c1-16(2,3)25-15(22)19-11-4-6-12(19)14(21)18(9-11)10-5-7-13(17-8-10)20(23)24/h5,7-8,11-12H,4,6,9H2,1-3H3. The summed E-state index contributed by atoms with van der Waals surface area (Å²) in [6.07, 6.45) is 2.14. The Hall–Kier alpha value is -2.71. The van der Waals surface area contributed by atoms with E-state index in [1.807, 2.05) is 0 Å². The molecule has 1 aromatic heterocycles. The second-order valence-corrected chi connectivity index (χ2v) is 7.22. The minimum absolute atomic E-state index is 0.132. The molecule has 2 fully saturated rings. The fourth-order valence-corrected chi connectivity index (χ4v) is 3.25. The number of fused-ring (bicyclic) bond motifs is 2. The Morgan fingerprint density at radius 1 is 1.36 bits per heavy atom. The molecule has 2 saturated heterocycles. The van der Waals surface area contributed by atoms with Crippen molar-refractivity contribution in [1.29, 1.82) is 0 Å². The zero-order chi connectivity index (χ0) is 18.4. The van der Waals surface area contributed by atoms with Crippen LogP contribution in [-0.2, 0) is 9.53 Å². The van der Waals surface area contributed by atoms with Crippen LogP contribution in [0.5, 0.6) is 0 Å². The number of carbonyl (C=O) groups is 2. The van der Waals surface area contributed by atoms with Gasteiger partial charge in [0.05, 0.1) is 11.7 Å². The largest absolute Gasteiger partial charge is 0.444 e. The third-order valence-corrected chi connectivity index (χ3v) is 4.28. The molecular formula is C16H20N4O5. The number of carbonyl (C=O) groups excluding carboxylic acids is 2. The normalized spacial score (nSPS) is 22.9. The summed E-state index contributed by atoms with van der Waals surface area (Å²) < 4.78 is 5.42. The molecule has 3 heterocycles. The molecule has 2 amide bonds. The highest BCUT2D eigenvalue weighted by atomic mass is 16.6. The highest BCUT2D eigenvalue weighted by Crippen LogP contribution is 2.34. The van der Waals surface area contributed by atoms with E-state index < -0.39 is 22.7 Å². The monoisotopic (exact) mass is 348 g/mol. The highest BCUT2D eigenvalue weighted by Gasteiger charge is 2.49. The number of aromatic nitrogens is 1. The van der Waals surface area contributed by atoms with Crippen LogP contribution in [0.15, 0.2) is 18.3 Å². The zero-order valence-electron chi connectivity index (χ0n) is 14.3. The molecular weight excluding hydrogens is 328 g/mol. The first-order chi connectivity index (χ1) is 11.7. The van der Waals surface area contributed by atoms with Crippen molar-refractivity contribution < 1.29 is 19.2 Å². The molecule has 0 spiro atoms. The van der Waals surface area contributed by atoms with Crippen LogP contribution in [0.3, 0.4) is 0 Å². The average molecular weight is 348 g/mol. The van der Waals surface area contributed by atoms with E-state index in [0.717, 1.165) is 0 Å². The predicted octanol–water partition coefficient (Wildman–Crippen LogP) is 2.10. The molecule has 1 aromatic rings. The first-order valence-electron chi connectivity index (χ1n) is 8.10. The van der Waals surface area contributed by atoms with Crippen LogP contribution in [0, 0.1) is 10.1 Å². The number of hydrogen-bond donors (Lipinski definition) is 0. The molecule has 9 heteroatoms. The molecule has 3 rings (SSSR count). The summed E-state index contributed by atoms with van der Waals surface area (Å²) in [5.41, 5.74) is -0.129. The fourth-order valence-electron chi connectivity index (χ4n) is 3.25. The molecule has 0 N–H and O–H groups in total. The maximum Gasteiger partial charge on any atom is 0.411 e. The SMILES string of the molecule is CC(C)(C)OC(=O)N1C2CCC1C(=O)N(c1ccc([N+](=O)[O-])nc1)C2. The number of nitro groups is 1. The van der Waals surface area contributed by atoms with Crippen molar-refractivity contribution in [3.8, 4) is 0 Å². The molecule has 0 aromatic carbocycles. The third-order valence-electron chi connectivity index (χ3n) is 4.28. The Kier molecular flexibility index (Phi) is 4.09. The molecule has 134 valence electrons. The van der Waals surface area contributed by atoms with E-state index in [9.17, 15) is 19.7 Å². The van der Waals surface area contributed by atoms with Crippen LogP contribution in [0.1, 0.15) is 33.6 Å². The molecule has 2 unspecified atom stereocenters. The molecule has 2 aliphatic heterocycles. The van der Waals surface area contributed by atoms with E-state index >= 15 is 0 Å². The molecule has 2 atom stereocenters. The average Bonchev–Trinajstić information content (AvgIpc) is 2.87. The number of ether oxygens (including phenoxy) is 1. The van der Waals surface area contributed by atoms with Crippen LogP contribution in [0.25, 0.3) is 0 Å². The van der Waals surface area contributed by atoms with E-state index in [2.05, 4.69) is 4.98 Å². The van der Waals surface area contributed by atoms with Crippen molar-refractivity contribution >= 4 is 23.5 Å². The van der Waals surface area contributed by atoms with Gasteiger partial charge >= 0.3 is 11.9 Å². The fraction of sp³-hybridized carbons (Fsp3) is 0.562. The molecule has 9 nitrogen and oxygen atoms in total. The first-order valence-corrected chi connectivity index (χ1v) is 8.10. The van der Waals surface area contributed by atoms with Gasteiger partial charge in [-0.3, -0.25) is 9.69 Å². The number of rotatable bonds is 2. The Bertz CT molecular complexity index is 712. The third kappa shape index (κ3) is 3.26. The van der Waals surface area contributed by atoms with Gasteiger partial charge in [0.1, 0.15) is 11.6 Å². The number of hydrogen-bond acceptors (Lipinski definition) is 6. The van der Waals surface area contributed by atoms with Gasteiger partial charge in [-0.2, -0.15) is 0 Å². The van der Waals surface area contributed by atoms with E-state index in [1.165, 1.54) is 23.2 Å². The van der Waals surface area contributed by atoms with E-state index in [-0.39, 0.29) is 17.8 Å². The maximum atomic E-state index is 12.8. The van der Waals surface area contributed by atoms with Crippen molar-refractivity contribution in [1.82, 2.24) is 9.88 Å². The number of piperazine rings is 1. The van der Waals surface area contributed by atoms with Gasteiger partial charge in [0.15, 0.2) is 6.20 Å². The van der Waals surface area contributed by atoms with Gasteiger partial charge in [0.25, 0.3) is 0 Å². The van der Waals surface area contributed by atoms with Crippen molar-refractivity contribution in [2.24, 2.45) is 0 Å². The first kappa shape index (κ1) is 17.1. The summed E-state index contributed by atoms with van der Waals surface area (Å²) >= 11 is 0. The number of nitrogens with zero attached hydrogens (tertiary/aromatic N) is 4. The minimum Gasteiger partial charge on any atom is -0.444 e. The van der Waals surface area contributed by atoms with E-state index in [1.54, 1.807) is 25.7 Å². The Balaban J connectivity index is 1.79. The quantitative estimate of drug-likeness (QED) is 0.598. The predicted molar refractivity (Wildman–Crippen MR) is 88.1 cm³/mol. The Morgan fingerprint density at radius 3 is 2.64 bits per heavy atom. The topological polar surface area (TPSA) is 106 Å². The van der Waals surface area contributed by atoms with Gasteiger partial charge in [-0.1, -0.05) is 0 Å². The summed E-state index contributed by atoms with van der Waals surface area (Å²) in [7, 11) is 0. The number of pyridine rings is 1. The van der Waals surface area contributed by atoms with Crippen LogP contribution in [-0.4, -0.2) is 51.0 Å². The van der Waals surface area contributed by atoms with Crippen LogP contribution in [0.2, 0.25) is 0 Å². The molecule has 2 aliphatic rings. The summed E-state index contributed by atoms with van der Waals surface area (Å²) in [6, 6.07) is 2.08. The van der Waals surface area contributed by atoms with Gasteiger partial charge < -0.3 is 19.8 Å². The molecule has 0 aliphatic carbocycles. The summed E-state index contributed by atoms with van der Waals surface area (Å²) in [5, 5.41) is 10.7. The number of anilines is 1. The van der Waals surface area contributed by atoms with Gasteiger partial charge in [0.2, 0.25) is 5.91 Å². The maximum absolute atomic E-state index is 12.8. The lowest BCUT2D eigenvalue weighted by molar-refractivity contribution is -0.389. The summed E-state index contributed by atoms with van der Waals surface area (Å²) in [5.74, 6) is -0.484. The minimum atomic E-state index is -0.626. The molecule has 0 saturated carbocycles. The van der Waals surface area contributed by atoms with Gasteiger partial charge in [-0.15, -0.1) is 0 Å². The molecule has 2 bridgehead atoms. The van der Waals surface area contributed by atoms with Crippen molar-refractivity contribution in [2.45, 2.75) is 51.3 Å². The van der Waals surface area contributed by atoms with Gasteiger partial charge in [-0.25, -0.2) is 4.79 Å². The second-order valence-electron chi connectivity index (χ2n) is 7.22. The van der Waals surface area contributed by atoms with E-state index in [4.69, 9.17) is 4.74 Å². The lowest BCUT2D eigenvalue weighted by Crippen LogP contribution is -2.59. The van der Waals surface area contributed by atoms with E-state index in [0.29, 0.717) is 25.1 Å². The lowest BCUT2D eigenvalue weighted by atomic mass is 10.1. The van der Waals surface area contributed by atoms with Crippen LogP contribution in [0.4, 0.5) is 16.3 Å². The molecule has 25 heavy (non-hydrogen) atoms. The Morgan fingerprint density at radius 2 is 2.08 bits per heavy atom. The van der Waals surface area contributed by atoms with Gasteiger partial charge in [-0.05, 0) is 49.6 Å². The van der Waals surface area contributed by atoms with Crippen LogP contribution < -0.4 is 4.90 Å². The van der Waals surface area contributed by atoms with Gasteiger partial charge in [0, 0.05) is 12.6 Å². The lowest BCUT2D eigenvalue weighted by Gasteiger charge is -2.40. The smallest absolute Gasteiger partial charge is 0.411 e.